The van der Waals surface area contributed by atoms with Crippen LogP contribution in [0.15, 0.2) is 42.5 Å². The fourth-order valence-electron chi connectivity index (χ4n) is 3.58. The molecule has 0 aliphatic heterocycles. The van der Waals surface area contributed by atoms with Crippen molar-refractivity contribution in [1.29, 1.82) is 0 Å². The van der Waals surface area contributed by atoms with Gasteiger partial charge in [-0.2, -0.15) is 0 Å². The zero-order chi connectivity index (χ0) is 26.9. The molecule has 0 aliphatic rings. The van der Waals surface area contributed by atoms with Crippen molar-refractivity contribution in [2.45, 2.75) is 52.1 Å². The molecule has 0 fully saturated rings. The molecule has 2 aromatic rings. The first-order chi connectivity index (χ1) is 17.0. The van der Waals surface area contributed by atoms with Crippen molar-refractivity contribution in [1.82, 2.24) is 10.2 Å². The molecule has 0 saturated carbocycles. The van der Waals surface area contributed by atoms with Gasteiger partial charge in [0, 0.05) is 41.7 Å². The summed E-state index contributed by atoms with van der Waals surface area (Å²) in [5, 5.41) is 3.58. The third-order valence-electron chi connectivity index (χ3n) is 5.65. The van der Waals surface area contributed by atoms with Crippen LogP contribution in [-0.4, -0.2) is 50.5 Å². The standard InChI is InChI=1S/C25H32Cl2FN3O4S/c1-4-5-15-29-25(33)18(2)30(17-21-22(26)8-6-9-23(21)27)24(32)10-7-16-31(36(3,34)35)20-13-11-19(28)12-14-20/h6,8-9,11-14,18H,4-5,7,10,15-17H2,1-3H3,(H,29,33). The summed E-state index contributed by atoms with van der Waals surface area (Å²) in [5.74, 6) is -1.14. The molecule has 0 aliphatic carbocycles. The number of nitrogens with zero attached hydrogens (tertiary/aromatic N) is 2. The van der Waals surface area contributed by atoms with E-state index in [1.165, 1.54) is 29.2 Å². The Balaban J connectivity index is 2.19. The van der Waals surface area contributed by atoms with E-state index in [0.29, 0.717) is 27.8 Å². The third-order valence-corrected chi connectivity index (χ3v) is 7.56. The van der Waals surface area contributed by atoms with Crippen molar-refractivity contribution >= 4 is 50.7 Å². The molecule has 0 saturated heterocycles. The van der Waals surface area contributed by atoms with Crippen LogP contribution in [-0.2, 0) is 26.2 Å². The molecule has 0 aromatic heterocycles. The summed E-state index contributed by atoms with van der Waals surface area (Å²) < 4.78 is 39.1. The van der Waals surface area contributed by atoms with Gasteiger partial charge in [-0.15, -0.1) is 0 Å². The SMILES string of the molecule is CCCCNC(=O)C(C)N(Cc1c(Cl)cccc1Cl)C(=O)CCCN(c1ccc(F)cc1)S(C)(=O)=O. The molecule has 2 rings (SSSR count). The van der Waals surface area contributed by atoms with Crippen molar-refractivity contribution in [3.63, 3.8) is 0 Å². The molecule has 1 N–H and O–H groups in total. The van der Waals surface area contributed by atoms with Gasteiger partial charge in [-0.25, -0.2) is 12.8 Å². The van der Waals surface area contributed by atoms with Crippen LogP contribution >= 0.6 is 23.2 Å². The van der Waals surface area contributed by atoms with Crippen LogP contribution in [0.5, 0.6) is 0 Å². The molecular formula is C25H32Cl2FN3O4S. The highest BCUT2D eigenvalue weighted by Gasteiger charge is 2.27. The van der Waals surface area contributed by atoms with E-state index < -0.39 is 21.9 Å². The second-order valence-electron chi connectivity index (χ2n) is 8.46. The van der Waals surface area contributed by atoms with Gasteiger partial charge < -0.3 is 10.2 Å². The van der Waals surface area contributed by atoms with Gasteiger partial charge in [-0.3, -0.25) is 13.9 Å². The number of benzene rings is 2. The Hall–Kier alpha value is -2.36. The van der Waals surface area contributed by atoms with Gasteiger partial charge in [0.15, 0.2) is 0 Å². The maximum atomic E-state index is 13.3. The molecule has 2 amide bonds. The number of unbranched alkanes of at least 4 members (excludes halogenated alkanes) is 1. The smallest absolute Gasteiger partial charge is 0.242 e. The first kappa shape index (κ1) is 29.9. The van der Waals surface area contributed by atoms with Crippen molar-refractivity contribution in [2.75, 3.05) is 23.7 Å². The quantitative estimate of drug-likeness (QED) is 0.349. The summed E-state index contributed by atoms with van der Waals surface area (Å²) in [6, 6.07) is 9.29. The number of nitrogens with one attached hydrogen (secondary N) is 1. The lowest BCUT2D eigenvalue weighted by Crippen LogP contribution is -2.48. The normalized spacial score (nSPS) is 12.2. The van der Waals surface area contributed by atoms with Crippen LogP contribution in [0.4, 0.5) is 10.1 Å². The van der Waals surface area contributed by atoms with Gasteiger partial charge >= 0.3 is 0 Å². The van der Waals surface area contributed by atoms with Gasteiger partial charge in [-0.1, -0.05) is 42.6 Å². The molecule has 0 bridgehead atoms. The monoisotopic (exact) mass is 559 g/mol. The van der Waals surface area contributed by atoms with Crippen molar-refractivity contribution in [2.24, 2.45) is 0 Å². The summed E-state index contributed by atoms with van der Waals surface area (Å²) in [6.07, 6.45) is 2.93. The Bertz CT molecular complexity index is 1130. The highest BCUT2D eigenvalue weighted by molar-refractivity contribution is 7.92. The summed E-state index contributed by atoms with van der Waals surface area (Å²) in [5.41, 5.74) is 0.821. The minimum atomic E-state index is -3.66. The maximum absolute atomic E-state index is 13.3. The second kappa shape index (κ2) is 13.8. The van der Waals surface area contributed by atoms with Crippen molar-refractivity contribution in [3.05, 3.63) is 63.9 Å². The molecule has 7 nitrogen and oxygen atoms in total. The van der Waals surface area contributed by atoms with Gasteiger partial charge in [0.1, 0.15) is 11.9 Å². The van der Waals surface area contributed by atoms with Gasteiger partial charge in [-0.05, 0) is 56.2 Å². The number of carbonyl (C=O) groups is 2. The molecule has 198 valence electrons. The average molecular weight is 561 g/mol. The highest BCUT2D eigenvalue weighted by Crippen LogP contribution is 2.27. The molecule has 0 heterocycles. The number of anilines is 1. The molecule has 1 unspecified atom stereocenters. The number of rotatable bonds is 13. The predicted octanol–water partition coefficient (Wildman–Crippen LogP) is 5.01. The molecule has 2 aromatic carbocycles. The minimum Gasteiger partial charge on any atom is -0.354 e. The predicted molar refractivity (Wildman–Crippen MR) is 142 cm³/mol. The van der Waals surface area contributed by atoms with Gasteiger partial charge in [0.2, 0.25) is 21.8 Å². The van der Waals surface area contributed by atoms with E-state index in [1.807, 2.05) is 6.92 Å². The first-order valence-electron chi connectivity index (χ1n) is 11.7. The molecular weight excluding hydrogens is 528 g/mol. The van der Waals surface area contributed by atoms with Crippen molar-refractivity contribution < 1.29 is 22.4 Å². The number of carbonyl (C=O) groups excluding carboxylic acids is 2. The van der Waals surface area contributed by atoms with E-state index in [0.717, 1.165) is 23.4 Å². The van der Waals surface area contributed by atoms with Crippen LogP contribution in [0.1, 0.15) is 45.1 Å². The Labute approximate surface area is 222 Å². The lowest BCUT2D eigenvalue weighted by Gasteiger charge is -2.30. The lowest BCUT2D eigenvalue weighted by molar-refractivity contribution is -0.140. The van der Waals surface area contributed by atoms with E-state index in [1.54, 1.807) is 25.1 Å². The molecule has 36 heavy (non-hydrogen) atoms. The fraction of sp³-hybridized carbons (Fsp3) is 0.440. The van der Waals surface area contributed by atoms with E-state index >= 15 is 0 Å². The van der Waals surface area contributed by atoms with Crippen LogP contribution in [0.25, 0.3) is 0 Å². The largest absolute Gasteiger partial charge is 0.354 e. The third kappa shape index (κ3) is 8.64. The number of halogens is 3. The maximum Gasteiger partial charge on any atom is 0.242 e. The topological polar surface area (TPSA) is 86.8 Å². The lowest BCUT2D eigenvalue weighted by atomic mass is 10.1. The highest BCUT2D eigenvalue weighted by atomic mass is 35.5. The molecule has 11 heteroatoms. The van der Waals surface area contributed by atoms with E-state index in [2.05, 4.69) is 5.32 Å². The first-order valence-corrected chi connectivity index (χ1v) is 14.3. The summed E-state index contributed by atoms with van der Waals surface area (Å²) >= 11 is 12.6. The Morgan fingerprint density at radius 3 is 2.22 bits per heavy atom. The Morgan fingerprint density at radius 1 is 1.06 bits per heavy atom. The summed E-state index contributed by atoms with van der Waals surface area (Å²) in [6.45, 7) is 4.17. The van der Waals surface area contributed by atoms with Gasteiger partial charge in [0.25, 0.3) is 0 Å². The Kier molecular flexibility index (Phi) is 11.5. The van der Waals surface area contributed by atoms with Crippen LogP contribution in [0.2, 0.25) is 10.0 Å². The number of hydrogen-bond acceptors (Lipinski definition) is 4. The van der Waals surface area contributed by atoms with Crippen LogP contribution < -0.4 is 9.62 Å². The van der Waals surface area contributed by atoms with E-state index in [9.17, 15) is 22.4 Å². The average Bonchev–Trinajstić information content (AvgIpc) is 2.81. The zero-order valence-corrected chi connectivity index (χ0v) is 23.0. The zero-order valence-electron chi connectivity index (χ0n) is 20.6. The number of sulfonamides is 1. The molecule has 0 spiro atoms. The fourth-order valence-corrected chi connectivity index (χ4v) is 5.07. The number of hydrogen-bond donors (Lipinski definition) is 1. The number of amides is 2. The van der Waals surface area contributed by atoms with E-state index in [-0.39, 0.29) is 37.7 Å². The second-order valence-corrected chi connectivity index (χ2v) is 11.2. The van der Waals surface area contributed by atoms with Crippen LogP contribution in [0.3, 0.4) is 0 Å². The minimum absolute atomic E-state index is 0.00791. The van der Waals surface area contributed by atoms with E-state index in [4.69, 9.17) is 23.2 Å². The molecule has 1 atom stereocenters. The van der Waals surface area contributed by atoms with Gasteiger partial charge in [0.05, 0.1) is 11.9 Å². The van der Waals surface area contributed by atoms with Crippen molar-refractivity contribution in [3.8, 4) is 0 Å². The molecule has 0 radical (unpaired) electrons. The summed E-state index contributed by atoms with van der Waals surface area (Å²) in [4.78, 5) is 27.5. The summed E-state index contributed by atoms with van der Waals surface area (Å²) in [7, 11) is -3.66. The Morgan fingerprint density at radius 2 is 1.67 bits per heavy atom. The van der Waals surface area contributed by atoms with Crippen LogP contribution in [0, 0.1) is 5.82 Å².